The van der Waals surface area contributed by atoms with Gasteiger partial charge in [0.1, 0.15) is 6.04 Å². The van der Waals surface area contributed by atoms with Crippen LogP contribution in [0.2, 0.25) is 0 Å². The van der Waals surface area contributed by atoms with Crippen LogP contribution in [0.3, 0.4) is 0 Å². The molecule has 7 nitrogen and oxygen atoms in total. The first-order valence-electron chi connectivity index (χ1n) is 11.7. The molecule has 3 heterocycles. The summed E-state index contributed by atoms with van der Waals surface area (Å²) in [6.45, 7) is 1.85. The van der Waals surface area contributed by atoms with Crippen LogP contribution in [0, 0.1) is 0 Å². The molecule has 2 amide bonds. The second-order valence-electron chi connectivity index (χ2n) is 8.91. The summed E-state index contributed by atoms with van der Waals surface area (Å²) in [5.41, 5.74) is 4.41. The van der Waals surface area contributed by atoms with E-state index in [2.05, 4.69) is 33.1 Å². The summed E-state index contributed by atoms with van der Waals surface area (Å²) < 4.78 is 5.64. The molecule has 4 N–H and O–H groups in total. The number of ether oxygens (including phenoxy) is 1. The number of aromatic amines is 1. The highest BCUT2D eigenvalue weighted by atomic mass is 16.5. The highest BCUT2D eigenvalue weighted by Gasteiger charge is 2.29. The van der Waals surface area contributed by atoms with E-state index in [1.165, 1.54) is 11.1 Å². The summed E-state index contributed by atoms with van der Waals surface area (Å²) in [5, 5.41) is 10.4. The van der Waals surface area contributed by atoms with E-state index < -0.39 is 6.04 Å². The minimum Gasteiger partial charge on any atom is -0.376 e. The van der Waals surface area contributed by atoms with E-state index in [0.717, 1.165) is 35.9 Å². The fourth-order valence-electron chi connectivity index (χ4n) is 4.78. The number of hydrogen-bond donors (Lipinski definition) is 4. The van der Waals surface area contributed by atoms with E-state index in [9.17, 15) is 9.59 Å². The third-order valence-corrected chi connectivity index (χ3v) is 6.66. The van der Waals surface area contributed by atoms with Gasteiger partial charge in [0.2, 0.25) is 11.8 Å². The molecule has 5 rings (SSSR count). The van der Waals surface area contributed by atoms with Crippen molar-refractivity contribution in [3.8, 4) is 0 Å². The molecule has 2 aliphatic rings. The van der Waals surface area contributed by atoms with Crippen LogP contribution in [-0.2, 0) is 33.7 Å². The van der Waals surface area contributed by atoms with Crippen molar-refractivity contribution < 1.29 is 14.3 Å². The highest BCUT2D eigenvalue weighted by Crippen LogP contribution is 2.20. The molecule has 0 radical (unpaired) electrons. The van der Waals surface area contributed by atoms with E-state index in [0.29, 0.717) is 25.9 Å². The Morgan fingerprint density at radius 1 is 1.09 bits per heavy atom. The Kier molecular flexibility index (Phi) is 6.41. The Labute approximate surface area is 193 Å². The third kappa shape index (κ3) is 4.94. The minimum absolute atomic E-state index is 0.0508. The predicted molar refractivity (Wildman–Crippen MR) is 127 cm³/mol. The maximum atomic E-state index is 13.2. The van der Waals surface area contributed by atoms with Crippen molar-refractivity contribution >= 4 is 22.7 Å². The van der Waals surface area contributed by atoms with Crippen LogP contribution in [-0.4, -0.2) is 48.1 Å². The van der Waals surface area contributed by atoms with Crippen molar-refractivity contribution in [1.29, 1.82) is 0 Å². The van der Waals surface area contributed by atoms with Crippen LogP contribution in [0.25, 0.3) is 10.9 Å². The number of nitrogens with one attached hydrogen (secondary N) is 4. The number of carbonyl (C=O) groups excluding carboxylic acids is 2. The summed E-state index contributed by atoms with van der Waals surface area (Å²) in [5.74, 6) is -0.332. The van der Waals surface area contributed by atoms with Crippen LogP contribution in [0.5, 0.6) is 0 Å². The topological polar surface area (TPSA) is 95.2 Å². The largest absolute Gasteiger partial charge is 0.376 e. The Hall–Kier alpha value is -3.16. The maximum absolute atomic E-state index is 13.2. The van der Waals surface area contributed by atoms with Crippen LogP contribution in [0.1, 0.15) is 29.5 Å². The fraction of sp³-hybridized carbons (Fsp3) is 0.385. The van der Waals surface area contributed by atoms with Crippen molar-refractivity contribution in [3.05, 3.63) is 71.4 Å². The Morgan fingerprint density at radius 2 is 1.91 bits per heavy atom. The first-order valence-corrected chi connectivity index (χ1v) is 11.7. The average Bonchev–Trinajstić information content (AvgIpc) is 3.52. The first-order chi connectivity index (χ1) is 16.2. The number of carbonyl (C=O) groups is 2. The van der Waals surface area contributed by atoms with Gasteiger partial charge in [-0.25, -0.2) is 0 Å². The van der Waals surface area contributed by atoms with Crippen LogP contribution >= 0.6 is 0 Å². The lowest BCUT2D eigenvalue weighted by molar-refractivity contribution is -0.130. The van der Waals surface area contributed by atoms with Gasteiger partial charge in [-0.05, 0) is 42.0 Å². The SMILES string of the molecule is O=C(N[C@H](Cc1c[nH]c2ccccc12)C(=O)NC[C@@H]1CCCO1)[C@@H]1Cc2ccccc2CN1. The van der Waals surface area contributed by atoms with E-state index in [1.54, 1.807) is 0 Å². The molecular weight excluding hydrogens is 416 g/mol. The molecule has 2 aromatic carbocycles. The predicted octanol–water partition coefficient (Wildman–Crippen LogP) is 2.20. The lowest BCUT2D eigenvalue weighted by Gasteiger charge is -2.27. The molecule has 0 aliphatic carbocycles. The molecule has 0 saturated carbocycles. The lowest BCUT2D eigenvalue weighted by atomic mass is 9.95. The zero-order chi connectivity index (χ0) is 22.6. The van der Waals surface area contributed by atoms with Crippen molar-refractivity contribution in [2.24, 2.45) is 0 Å². The molecule has 172 valence electrons. The van der Waals surface area contributed by atoms with Gasteiger partial charge < -0.3 is 25.7 Å². The quantitative estimate of drug-likeness (QED) is 0.448. The average molecular weight is 447 g/mol. The molecular formula is C26H30N4O3. The lowest BCUT2D eigenvalue weighted by Crippen LogP contribution is -2.55. The second kappa shape index (κ2) is 9.77. The minimum atomic E-state index is -0.669. The van der Waals surface area contributed by atoms with E-state index in [1.807, 2.05) is 42.6 Å². The van der Waals surface area contributed by atoms with Gasteiger partial charge in [-0.2, -0.15) is 0 Å². The number of amides is 2. The third-order valence-electron chi connectivity index (χ3n) is 6.66. The van der Waals surface area contributed by atoms with Crippen LogP contribution in [0.4, 0.5) is 0 Å². The van der Waals surface area contributed by atoms with E-state index >= 15 is 0 Å². The number of para-hydroxylation sites is 1. The summed E-state index contributed by atoms with van der Waals surface area (Å²) in [6.07, 6.45) is 4.97. The van der Waals surface area contributed by atoms with Gasteiger partial charge in [-0.1, -0.05) is 42.5 Å². The maximum Gasteiger partial charge on any atom is 0.243 e. The molecule has 0 bridgehead atoms. The van der Waals surface area contributed by atoms with Crippen molar-refractivity contribution in [3.63, 3.8) is 0 Å². The molecule has 0 unspecified atom stereocenters. The molecule has 1 fully saturated rings. The van der Waals surface area contributed by atoms with E-state index in [-0.39, 0.29) is 24.0 Å². The number of aromatic nitrogens is 1. The van der Waals surface area contributed by atoms with Gasteiger partial charge in [0.15, 0.2) is 0 Å². The number of fused-ring (bicyclic) bond motifs is 2. The Morgan fingerprint density at radius 3 is 2.76 bits per heavy atom. The van der Waals surface area contributed by atoms with Crippen LogP contribution in [0.15, 0.2) is 54.7 Å². The number of H-pyrrole nitrogens is 1. The molecule has 33 heavy (non-hydrogen) atoms. The second-order valence-corrected chi connectivity index (χ2v) is 8.91. The van der Waals surface area contributed by atoms with Gasteiger partial charge in [0.05, 0.1) is 12.1 Å². The Bertz CT molecular complexity index is 1140. The zero-order valence-electron chi connectivity index (χ0n) is 18.6. The normalized spacial score (nSPS) is 20.8. The number of rotatable bonds is 7. The van der Waals surface area contributed by atoms with Gasteiger partial charge in [0.25, 0.3) is 0 Å². The molecule has 7 heteroatoms. The Balaban J connectivity index is 1.30. The highest BCUT2D eigenvalue weighted by molar-refractivity contribution is 5.91. The smallest absolute Gasteiger partial charge is 0.243 e. The molecule has 3 atom stereocenters. The standard InChI is InChI=1S/C26H30N4O3/c31-25(29-16-20-8-5-11-33-20)24(13-19-15-27-22-10-4-3-9-21(19)22)30-26(32)23-12-17-6-1-2-7-18(17)14-28-23/h1-4,6-7,9-10,15,20,23-24,27-28H,5,8,11-14,16H2,(H,29,31)(H,30,32)/t20-,23-,24+/m0/s1. The fourth-order valence-corrected chi connectivity index (χ4v) is 4.78. The molecule has 3 aromatic rings. The van der Waals surface area contributed by atoms with Gasteiger partial charge in [-0.3, -0.25) is 9.59 Å². The molecule has 0 spiro atoms. The van der Waals surface area contributed by atoms with Gasteiger partial charge in [0, 0.05) is 43.2 Å². The summed E-state index contributed by atoms with van der Waals surface area (Å²) in [7, 11) is 0. The summed E-state index contributed by atoms with van der Waals surface area (Å²) in [4.78, 5) is 29.6. The summed E-state index contributed by atoms with van der Waals surface area (Å²) in [6, 6.07) is 15.1. The van der Waals surface area contributed by atoms with Crippen LogP contribution < -0.4 is 16.0 Å². The van der Waals surface area contributed by atoms with Crippen molar-refractivity contribution in [2.75, 3.05) is 13.2 Å². The first kappa shape index (κ1) is 21.7. The van der Waals surface area contributed by atoms with Gasteiger partial charge >= 0.3 is 0 Å². The van der Waals surface area contributed by atoms with E-state index in [4.69, 9.17) is 4.74 Å². The number of hydrogen-bond acceptors (Lipinski definition) is 4. The molecule has 1 saturated heterocycles. The number of benzene rings is 2. The van der Waals surface area contributed by atoms with Gasteiger partial charge in [-0.15, -0.1) is 0 Å². The van der Waals surface area contributed by atoms with Crippen molar-refractivity contribution in [2.45, 2.75) is 50.4 Å². The van der Waals surface area contributed by atoms with Crippen molar-refractivity contribution in [1.82, 2.24) is 20.9 Å². The zero-order valence-corrected chi connectivity index (χ0v) is 18.6. The summed E-state index contributed by atoms with van der Waals surface area (Å²) >= 11 is 0. The molecule has 1 aromatic heterocycles. The molecule has 2 aliphatic heterocycles. The monoisotopic (exact) mass is 446 g/mol.